The van der Waals surface area contributed by atoms with Gasteiger partial charge in [0, 0.05) is 25.7 Å². The standard InChI is InChI=1S/C22H27N3O3/c1-25(15-17-5-3-2-4-6-17)20(18-11-12-18)14-24-22(28)23-13-16-7-9-19(10-8-16)21(26)27/h2-10,18,20H,11-15H2,1H3,(H,26,27)(H2,23,24,28). The van der Waals surface area contributed by atoms with Crippen molar-refractivity contribution in [2.45, 2.75) is 32.0 Å². The van der Waals surface area contributed by atoms with Crippen LogP contribution in [0.4, 0.5) is 4.79 Å². The smallest absolute Gasteiger partial charge is 0.335 e. The maximum Gasteiger partial charge on any atom is 0.335 e. The molecule has 0 spiro atoms. The van der Waals surface area contributed by atoms with Crippen LogP contribution in [0.25, 0.3) is 0 Å². The predicted molar refractivity (Wildman–Crippen MR) is 108 cm³/mol. The number of nitrogens with zero attached hydrogens (tertiary/aromatic N) is 1. The van der Waals surface area contributed by atoms with E-state index in [0.717, 1.165) is 12.1 Å². The van der Waals surface area contributed by atoms with E-state index in [1.54, 1.807) is 24.3 Å². The van der Waals surface area contributed by atoms with Crippen molar-refractivity contribution in [2.24, 2.45) is 5.92 Å². The van der Waals surface area contributed by atoms with Crippen LogP contribution in [0.1, 0.15) is 34.3 Å². The summed E-state index contributed by atoms with van der Waals surface area (Å²) < 4.78 is 0. The molecule has 148 valence electrons. The predicted octanol–water partition coefficient (Wildman–Crippen LogP) is 3.09. The van der Waals surface area contributed by atoms with E-state index < -0.39 is 5.97 Å². The molecule has 2 aromatic rings. The minimum atomic E-state index is -0.956. The van der Waals surface area contributed by atoms with Crippen molar-refractivity contribution < 1.29 is 14.7 Å². The van der Waals surface area contributed by atoms with E-state index in [4.69, 9.17) is 5.11 Å². The maximum absolute atomic E-state index is 12.2. The van der Waals surface area contributed by atoms with E-state index in [1.165, 1.54) is 18.4 Å². The second-order valence-electron chi connectivity index (χ2n) is 7.37. The molecule has 1 saturated carbocycles. The van der Waals surface area contributed by atoms with Crippen LogP contribution >= 0.6 is 0 Å². The number of hydrogen-bond acceptors (Lipinski definition) is 3. The molecule has 0 radical (unpaired) electrons. The molecular formula is C22H27N3O3. The van der Waals surface area contributed by atoms with Gasteiger partial charge in [-0.1, -0.05) is 42.5 Å². The zero-order valence-corrected chi connectivity index (χ0v) is 16.1. The summed E-state index contributed by atoms with van der Waals surface area (Å²) in [6.45, 7) is 1.83. The first-order chi connectivity index (χ1) is 13.5. The summed E-state index contributed by atoms with van der Waals surface area (Å²) in [5.74, 6) is -0.319. The van der Waals surface area contributed by atoms with Gasteiger partial charge < -0.3 is 15.7 Å². The molecular weight excluding hydrogens is 354 g/mol. The van der Waals surface area contributed by atoms with Gasteiger partial charge in [0.2, 0.25) is 0 Å². The van der Waals surface area contributed by atoms with E-state index in [0.29, 0.717) is 25.0 Å². The Morgan fingerprint density at radius 3 is 2.32 bits per heavy atom. The summed E-state index contributed by atoms with van der Waals surface area (Å²) in [6, 6.07) is 17.0. The topological polar surface area (TPSA) is 81.7 Å². The van der Waals surface area contributed by atoms with Gasteiger partial charge in [0.1, 0.15) is 0 Å². The monoisotopic (exact) mass is 381 g/mol. The van der Waals surface area contributed by atoms with Crippen LogP contribution < -0.4 is 10.6 Å². The van der Waals surface area contributed by atoms with E-state index in [9.17, 15) is 9.59 Å². The number of benzene rings is 2. The fraction of sp³-hybridized carbons (Fsp3) is 0.364. The molecule has 2 aromatic carbocycles. The van der Waals surface area contributed by atoms with Gasteiger partial charge in [0.25, 0.3) is 0 Å². The summed E-state index contributed by atoms with van der Waals surface area (Å²) in [5.41, 5.74) is 2.37. The van der Waals surface area contributed by atoms with Gasteiger partial charge >= 0.3 is 12.0 Å². The van der Waals surface area contributed by atoms with Crippen LogP contribution in [0.5, 0.6) is 0 Å². The molecule has 1 aliphatic rings. The first kappa shape index (κ1) is 19.9. The Morgan fingerprint density at radius 2 is 1.71 bits per heavy atom. The quantitative estimate of drug-likeness (QED) is 0.623. The molecule has 3 rings (SSSR count). The summed E-state index contributed by atoms with van der Waals surface area (Å²) in [6.07, 6.45) is 2.42. The molecule has 1 atom stereocenters. The molecule has 1 aliphatic carbocycles. The lowest BCUT2D eigenvalue weighted by Crippen LogP contribution is -2.46. The molecule has 28 heavy (non-hydrogen) atoms. The number of amides is 2. The van der Waals surface area contributed by atoms with Crippen molar-refractivity contribution >= 4 is 12.0 Å². The summed E-state index contributed by atoms with van der Waals surface area (Å²) in [5, 5.41) is 14.7. The Hall–Kier alpha value is -2.86. The lowest BCUT2D eigenvalue weighted by atomic mass is 10.1. The lowest BCUT2D eigenvalue weighted by Gasteiger charge is -2.28. The van der Waals surface area contributed by atoms with Gasteiger partial charge in [-0.05, 0) is 49.1 Å². The van der Waals surface area contributed by atoms with Gasteiger partial charge in [-0.25, -0.2) is 9.59 Å². The van der Waals surface area contributed by atoms with Crippen molar-refractivity contribution in [3.8, 4) is 0 Å². The number of rotatable bonds is 9. The summed E-state index contributed by atoms with van der Waals surface area (Å²) in [4.78, 5) is 25.4. The van der Waals surface area contributed by atoms with Gasteiger partial charge in [-0.2, -0.15) is 0 Å². The molecule has 3 N–H and O–H groups in total. The number of carbonyl (C=O) groups is 2. The van der Waals surface area contributed by atoms with Crippen LogP contribution in [-0.4, -0.2) is 41.6 Å². The van der Waals surface area contributed by atoms with Crippen molar-refractivity contribution in [1.82, 2.24) is 15.5 Å². The molecule has 1 unspecified atom stereocenters. The number of likely N-dealkylation sites (N-methyl/N-ethyl adjacent to an activating group) is 1. The Bertz CT molecular complexity index is 788. The molecule has 0 saturated heterocycles. The third-order valence-corrected chi connectivity index (χ3v) is 5.13. The molecule has 6 heteroatoms. The van der Waals surface area contributed by atoms with Crippen molar-refractivity contribution in [3.63, 3.8) is 0 Å². The first-order valence-corrected chi connectivity index (χ1v) is 9.61. The van der Waals surface area contributed by atoms with E-state index in [1.807, 2.05) is 18.2 Å². The molecule has 0 aromatic heterocycles. The second kappa shape index (κ2) is 9.37. The molecule has 6 nitrogen and oxygen atoms in total. The number of carboxylic acid groups (broad SMARTS) is 1. The van der Waals surface area contributed by atoms with Crippen LogP contribution in [0.15, 0.2) is 54.6 Å². The Morgan fingerprint density at radius 1 is 1.04 bits per heavy atom. The summed E-state index contributed by atoms with van der Waals surface area (Å²) >= 11 is 0. The fourth-order valence-electron chi connectivity index (χ4n) is 3.36. The lowest BCUT2D eigenvalue weighted by molar-refractivity contribution is 0.0697. The molecule has 0 heterocycles. The number of aromatic carboxylic acids is 1. The van der Waals surface area contributed by atoms with Gasteiger partial charge in [-0.15, -0.1) is 0 Å². The van der Waals surface area contributed by atoms with E-state index >= 15 is 0 Å². The highest BCUT2D eigenvalue weighted by Gasteiger charge is 2.33. The van der Waals surface area contributed by atoms with Crippen molar-refractivity contribution in [3.05, 3.63) is 71.3 Å². The first-order valence-electron chi connectivity index (χ1n) is 9.61. The molecule has 0 bridgehead atoms. The minimum absolute atomic E-state index is 0.207. The largest absolute Gasteiger partial charge is 0.478 e. The highest BCUT2D eigenvalue weighted by Crippen LogP contribution is 2.35. The molecule has 2 amide bonds. The van der Waals surface area contributed by atoms with Crippen LogP contribution in [0, 0.1) is 5.92 Å². The van der Waals surface area contributed by atoms with Gasteiger partial charge in [0.15, 0.2) is 0 Å². The van der Waals surface area contributed by atoms with Crippen molar-refractivity contribution in [1.29, 1.82) is 0 Å². The summed E-state index contributed by atoms with van der Waals surface area (Å²) in [7, 11) is 2.11. The molecule has 1 fully saturated rings. The number of urea groups is 1. The van der Waals surface area contributed by atoms with E-state index in [-0.39, 0.29) is 11.6 Å². The number of carboxylic acids is 1. The Kier molecular flexibility index (Phi) is 6.66. The normalized spacial score (nSPS) is 14.5. The average molecular weight is 381 g/mol. The third-order valence-electron chi connectivity index (χ3n) is 5.13. The minimum Gasteiger partial charge on any atom is -0.478 e. The zero-order valence-electron chi connectivity index (χ0n) is 16.1. The highest BCUT2D eigenvalue weighted by molar-refractivity contribution is 5.87. The second-order valence-corrected chi connectivity index (χ2v) is 7.37. The highest BCUT2D eigenvalue weighted by atomic mass is 16.4. The number of hydrogen-bond donors (Lipinski definition) is 3. The van der Waals surface area contributed by atoms with Crippen LogP contribution in [-0.2, 0) is 13.1 Å². The van der Waals surface area contributed by atoms with Crippen molar-refractivity contribution in [2.75, 3.05) is 13.6 Å². The Balaban J connectivity index is 1.45. The zero-order chi connectivity index (χ0) is 19.9. The molecule has 0 aliphatic heterocycles. The number of nitrogens with one attached hydrogen (secondary N) is 2. The van der Waals surface area contributed by atoms with E-state index in [2.05, 4.69) is 34.7 Å². The Labute approximate surface area is 165 Å². The maximum atomic E-state index is 12.2. The van der Waals surface area contributed by atoms with Gasteiger partial charge in [0.05, 0.1) is 5.56 Å². The third kappa shape index (κ3) is 5.82. The SMILES string of the molecule is CN(Cc1ccccc1)C(CNC(=O)NCc1ccc(C(=O)O)cc1)C1CC1. The fourth-order valence-corrected chi connectivity index (χ4v) is 3.36. The van der Waals surface area contributed by atoms with Gasteiger partial charge in [-0.3, -0.25) is 4.90 Å². The van der Waals surface area contributed by atoms with Crippen LogP contribution in [0.3, 0.4) is 0 Å². The number of carbonyl (C=O) groups excluding carboxylic acids is 1. The van der Waals surface area contributed by atoms with Crippen LogP contribution in [0.2, 0.25) is 0 Å². The average Bonchev–Trinajstić information content (AvgIpc) is 3.53.